The van der Waals surface area contributed by atoms with Crippen molar-refractivity contribution in [2.75, 3.05) is 0 Å². The lowest BCUT2D eigenvalue weighted by Crippen LogP contribution is -1.83. The highest BCUT2D eigenvalue weighted by molar-refractivity contribution is 5.28. The monoisotopic (exact) mass is 178 g/mol. The minimum atomic E-state index is 1.14. The Morgan fingerprint density at radius 2 is 1.23 bits per heavy atom. The van der Waals surface area contributed by atoms with Crippen LogP contribution < -0.4 is 0 Å². The SMILES string of the molecule is CCC.CCc1cc(C)cc(C)c1. The molecule has 0 aliphatic rings. The van der Waals surface area contributed by atoms with Crippen LogP contribution in [0, 0.1) is 13.8 Å². The van der Waals surface area contributed by atoms with Gasteiger partial charge < -0.3 is 0 Å². The molecule has 0 saturated carbocycles. The molecule has 0 unspecified atom stereocenters. The molecule has 0 bridgehead atoms. The van der Waals surface area contributed by atoms with Gasteiger partial charge in [-0.15, -0.1) is 0 Å². The first kappa shape index (κ1) is 12.2. The van der Waals surface area contributed by atoms with E-state index in [1.54, 1.807) is 0 Å². The van der Waals surface area contributed by atoms with Crippen LogP contribution >= 0.6 is 0 Å². The predicted molar refractivity (Wildman–Crippen MR) is 61.3 cm³/mol. The summed E-state index contributed by atoms with van der Waals surface area (Å²) in [5, 5.41) is 0. The molecule has 0 N–H and O–H groups in total. The van der Waals surface area contributed by atoms with Gasteiger partial charge in [-0.2, -0.15) is 0 Å². The summed E-state index contributed by atoms with van der Waals surface area (Å²) in [7, 11) is 0. The van der Waals surface area contributed by atoms with Crippen molar-refractivity contribution in [3.05, 3.63) is 34.9 Å². The third-order valence-electron chi connectivity index (χ3n) is 1.69. The highest BCUT2D eigenvalue weighted by Crippen LogP contribution is 2.08. The molecule has 0 saturated heterocycles. The van der Waals surface area contributed by atoms with Crippen molar-refractivity contribution in [2.24, 2.45) is 0 Å². The lowest BCUT2D eigenvalue weighted by Gasteiger charge is -2.00. The zero-order valence-corrected chi connectivity index (χ0v) is 9.65. The van der Waals surface area contributed by atoms with Crippen LogP contribution in [0.5, 0.6) is 0 Å². The summed E-state index contributed by atoms with van der Waals surface area (Å²) < 4.78 is 0. The van der Waals surface area contributed by atoms with Crippen LogP contribution in [0.2, 0.25) is 0 Å². The number of benzene rings is 1. The van der Waals surface area contributed by atoms with Crippen molar-refractivity contribution < 1.29 is 0 Å². The van der Waals surface area contributed by atoms with Gasteiger partial charge in [-0.1, -0.05) is 56.5 Å². The Bertz CT molecular complexity index is 216. The fourth-order valence-electron chi connectivity index (χ4n) is 1.27. The van der Waals surface area contributed by atoms with Gasteiger partial charge in [-0.3, -0.25) is 0 Å². The molecule has 0 aliphatic carbocycles. The van der Waals surface area contributed by atoms with Crippen LogP contribution in [0.25, 0.3) is 0 Å². The molecule has 0 fully saturated rings. The summed E-state index contributed by atoms with van der Waals surface area (Å²) in [6, 6.07) is 6.69. The molecule has 0 aliphatic heterocycles. The first-order valence-corrected chi connectivity index (χ1v) is 5.21. The highest BCUT2D eigenvalue weighted by atomic mass is 14.0. The molecule has 13 heavy (non-hydrogen) atoms. The van der Waals surface area contributed by atoms with Crippen LogP contribution in [0.4, 0.5) is 0 Å². The topological polar surface area (TPSA) is 0 Å². The Labute approximate surface area is 83.0 Å². The molecule has 0 radical (unpaired) electrons. The van der Waals surface area contributed by atoms with E-state index in [-0.39, 0.29) is 0 Å². The smallest absolute Gasteiger partial charge is 0.0307 e. The summed E-state index contributed by atoms with van der Waals surface area (Å²) >= 11 is 0. The summed E-state index contributed by atoms with van der Waals surface area (Å²) in [4.78, 5) is 0. The third kappa shape index (κ3) is 5.46. The summed E-state index contributed by atoms with van der Waals surface area (Å²) in [6.07, 6.45) is 2.39. The Hall–Kier alpha value is -0.780. The van der Waals surface area contributed by atoms with E-state index in [0.717, 1.165) is 6.42 Å². The maximum Gasteiger partial charge on any atom is -0.0307 e. The second-order valence-corrected chi connectivity index (χ2v) is 3.56. The van der Waals surface area contributed by atoms with Gasteiger partial charge in [0, 0.05) is 0 Å². The van der Waals surface area contributed by atoms with Crippen molar-refractivity contribution in [3.8, 4) is 0 Å². The Kier molecular flexibility index (Phi) is 6.30. The van der Waals surface area contributed by atoms with E-state index >= 15 is 0 Å². The van der Waals surface area contributed by atoms with Crippen molar-refractivity contribution in [3.63, 3.8) is 0 Å². The maximum absolute atomic E-state index is 2.24. The molecule has 74 valence electrons. The normalized spacial score (nSPS) is 9.00. The average Bonchev–Trinajstić information content (AvgIpc) is 2.04. The Morgan fingerprint density at radius 1 is 0.846 bits per heavy atom. The Morgan fingerprint density at radius 3 is 1.54 bits per heavy atom. The van der Waals surface area contributed by atoms with Crippen LogP contribution in [0.15, 0.2) is 18.2 Å². The van der Waals surface area contributed by atoms with Crippen molar-refractivity contribution >= 4 is 0 Å². The van der Waals surface area contributed by atoms with Crippen LogP contribution in [-0.2, 0) is 6.42 Å². The molecule has 0 amide bonds. The number of hydrogen-bond acceptors (Lipinski definition) is 0. The fourth-order valence-corrected chi connectivity index (χ4v) is 1.27. The van der Waals surface area contributed by atoms with Gasteiger partial charge in [0.2, 0.25) is 0 Å². The molecule has 0 atom stereocenters. The van der Waals surface area contributed by atoms with E-state index in [1.807, 2.05) is 0 Å². The standard InChI is InChI=1S/C10H14.C3H8/c1-4-10-6-8(2)5-9(3)7-10;1-3-2/h5-7H,4H2,1-3H3;3H2,1-2H3. The fraction of sp³-hybridized carbons (Fsp3) is 0.538. The molecule has 1 aromatic rings. The predicted octanol–water partition coefficient (Wildman–Crippen LogP) is 4.28. The number of aryl methyl sites for hydroxylation is 3. The summed E-state index contributed by atoms with van der Waals surface area (Å²) in [5.41, 5.74) is 4.19. The molecular formula is C13H22. The van der Waals surface area contributed by atoms with Gasteiger partial charge in [0.1, 0.15) is 0 Å². The van der Waals surface area contributed by atoms with Crippen LogP contribution in [-0.4, -0.2) is 0 Å². The number of hydrogen-bond donors (Lipinski definition) is 0. The van der Waals surface area contributed by atoms with Gasteiger partial charge in [0.15, 0.2) is 0 Å². The molecular weight excluding hydrogens is 156 g/mol. The van der Waals surface area contributed by atoms with Gasteiger partial charge in [-0.25, -0.2) is 0 Å². The van der Waals surface area contributed by atoms with Crippen molar-refractivity contribution in [1.82, 2.24) is 0 Å². The van der Waals surface area contributed by atoms with Gasteiger partial charge in [0.05, 0.1) is 0 Å². The zero-order chi connectivity index (χ0) is 10.3. The molecule has 1 rings (SSSR count). The lowest BCUT2D eigenvalue weighted by molar-refractivity contribution is 1.09. The largest absolute Gasteiger partial charge is 0.0656 e. The van der Waals surface area contributed by atoms with Gasteiger partial charge in [-0.05, 0) is 25.8 Å². The molecule has 0 nitrogen and oxygen atoms in total. The van der Waals surface area contributed by atoms with Gasteiger partial charge >= 0.3 is 0 Å². The quantitative estimate of drug-likeness (QED) is 0.602. The first-order valence-electron chi connectivity index (χ1n) is 5.21. The first-order chi connectivity index (χ1) is 6.13. The van der Waals surface area contributed by atoms with Crippen LogP contribution in [0.1, 0.15) is 43.9 Å². The molecule has 1 aromatic carbocycles. The maximum atomic E-state index is 2.24. The minimum Gasteiger partial charge on any atom is -0.0656 e. The van der Waals surface area contributed by atoms with Crippen molar-refractivity contribution in [1.29, 1.82) is 0 Å². The van der Waals surface area contributed by atoms with E-state index in [2.05, 4.69) is 52.8 Å². The zero-order valence-electron chi connectivity index (χ0n) is 9.65. The van der Waals surface area contributed by atoms with Gasteiger partial charge in [0.25, 0.3) is 0 Å². The van der Waals surface area contributed by atoms with Crippen LogP contribution in [0.3, 0.4) is 0 Å². The molecule has 0 aromatic heterocycles. The summed E-state index contributed by atoms with van der Waals surface area (Å²) in [5.74, 6) is 0. The average molecular weight is 178 g/mol. The lowest BCUT2D eigenvalue weighted by atomic mass is 10.1. The molecule has 0 heteroatoms. The van der Waals surface area contributed by atoms with E-state index in [4.69, 9.17) is 0 Å². The van der Waals surface area contributed by atoms with E-state index in [9.17, 15) is 0 Å². The summed E-state index contributed by atoms with van der Waals surface area (Å²) in [6.45, 7) is 10.7. The minimum absolute atomic E-state index is 1.14. The van der Waals surface area contributed by atoms with E-state index < -0.39 is 0 Å². The highest BCUT2D eigenvalue weighted by Gasteiger charge is 1.91. The molecule has 0 spiro atoms. The second-order valence-electron chi connectivity index (χ2n) is 3.56. The second kappa shape index (κ2) is 6.71. The number of rotatable bonds is 1. The molecule has 0 heterocycles. The Balaban J connectivity index is 0.000000424. The van der Waals surface area contributed by atoms with Crippen molar-refractivity contribution in [2.45, 2.75) is 47.5 Å². The van der Waals surface area contributed by atoms with E-state index in [0.29, 0.717) is 0 Å². The third-order valence-corrected chi connectivity index (χ3v) is 1.69. The van der Waals surface area contributed by atoms with E-state index in [1.165, 1.54) is 23.1 Å².